The van der Waals surface area contributed by atoms with Gasteiger partial charge < -0.3 is 14.7 Å². The van der Waals surface area contributed by atoms with Crippen LogP contribution in [-0.2, 0) is 0 Å². The van der Waals surface area contributed by atoms with Gasteiger partial charge in [0.05, 0.1) is 17.8 Å². The summed E-state index contributed by atoms with van der Waals surface area (Å²) in [6.07, 6.45) is 3.21. The van der Waals surface area contributed by atoms with Gasteiger partial charge in [0.2, 0.25) is 0 Å². The van der Waals surface area contributed by atoms with Gasteiger partial charge in [0, 0.05) is 5.69 Å². The maximum atomic E-state index is 11.5. The molecule has 4 aromatic rings. The Morgan fingerprint density at radius 2 is 1.80 bits per heavy atom. The summed E-state index contributed by atoms with van der Waals surface area (Å²) < 4.78 is 6.40. The number of hydrogen-bond acceptors (Lipinski definition) is 3. The van der Waals surface area contributed by atoms with Crippen molar-refractivity contribution in [2.24, 2.45) is 0 Å². The summed E-state index contributed by atoms with van der Waals surface area (Å²) >= 11 is 0. The minimum Gasteiger partial charge on any atom is -0.486 e. The number of para-hydroxylation sites is 2. The van der Waals surface area contributed by atoms with Crippen LogP contribution in [0.1, 0.15) is 53.6 Å². The lowest BCUT2D eigenvalue weighted by Gasteiger charge is -2.36. The van der Waals surface area contributed by atoms with Crippen molar-refractivity contribution < 1.29 is 14.6 Å². The molecule has 35 heavy (non-hydrogen) atoms. The van der Waals surface area contributed by atoms with Crippen LogP contribution in [0.15, 0.2) is 84.9 Å². The summed E-state index contributed by atoms with van der Waals surface area (Å²) in [6.45, 7) is 4.91. The number of carboxylic acid groups (broad SMARTS) is 1. The third-order valence-electron chi connectivity index (χ3n) is 7.11. The fourth-order valence-electron chi connectivity index (χ4n) is 5.24. The van der Waals surface area contributed by atoms with Crippen molar-refractivity contribution in [3.05, 3.63) is 102 Å². The van der Waals surface area contributed by atoms with E-state index in [0.717, 1.165) is 48.5 Å². The van der Waals surface area contributed by atoms with Crippen LogP contribution in [0.3, 0.4) is 0 Å². The second-order valence-corrected chi connectivity index (χ2v) is 9.52. The Bertz CT molecular complexity index is 1360. The van der Waals surface area contributed by atoms with Gasteiger partial charge in [0.1, 0.15) is 11.9 Å². The van der Waals surface area contributed by atoms with Gasteiger partial charge in [-0.25, -0.2) is 4.79 Å². The molecular weight excluding hydrogens is 434 g/mol. The molecule has 5 rings (SSSR count). The molecule has 178 valence electrons. The molecule has 0 saturated heterocycles. The van der Waals surface area contributed by atoms with Gasteiger partial charge in [-0.15, -0.1) is 0 Å². The molecule has 4 aromatic carbocycles. The maximum Gasteiger partial charge on any atom is 0.335 e. The van der Waals surface area contributed by atoms with Gasteiger partial charge >= 0.3 is 5.97 Å². The normalized spacial score (nSPS) is 15.9. The van der Waals surface area contributed by atoms with Gasteiger partial charge in [-0.1, -0.05) is 61.5 Å². The number of benzene rings is 4. The van der Waals surface area contributed by atoms with Gasteiger partial charge in [-0.2, -0.15) is 0 Å². The van der Waals surface area contributed by atoms with Crippen molar-refractivity contribution in [2.75, 3.05) is 11.4 Å². The van der Waals surface area contributed by atoms with E-state index in [9.17, 15) is 9.90 Å². The Kier molecular flexibility index (Phi) is 6.45. The molecule has 1 aliphatic rings. The number of hydrogen-bond donors (Lipinski definition) is 1. The van der Waals surface area contributed by atoms with Crippen LogP contribution in [0.2, 0.25) is 0 Å². The Morgan fingerprint density at radius 3 is 2.63 bits per heavy atom. The number of carbonyl (C=O) groups is 1. The quantitative estimate of drug-likeness (QED) is 0.303. The van der Waals surface area contributed by atoms with Crippen molar-refractivity contribution in [2.45, 2.75) is 45.1 Å². The summed E-state index contributed by atoms with van der Waals surface area (Å²) in [4.78, 5) is 13.7. The van der Waals surface area contributed by atoms with Crippen LogP contribution in [0.4, 0.5) is 11.4 Å². The van der Waals surface area contributed by atoms with Crippen LogP contribution in [0.5, 0.6) is 5.75 Å². The lowest BCUT2D eigenvalue weighted by atomic mass is 9.90. The number of carboxylic acids is 1. The summed E-state index contributed by atoms with van der Waals surface area (Å²) in [7, 11) is 0. The molecule has 1 N–H and O–H groups in total. The first-order valence-corrected chi connectivity index (χ1v) is 12.4. The summed E-state index contributed by atoms with van der Waals surface area (Å²) in [5.74, 6) is 0.458. The van der Waals surface area contributed by atoms with Crippen molar-refractivity contribution in [3.63, 3.8) is 0 Å². The SMILES string of the molecule is Cc1cc(N2CC(CCC[C@H](C)c3cccc4ccccc34)Oc3ccccc32)ccc1C(=O)O. The summed E-state index contributed by atoms with van der Waals surface area (Å²) in [6, 6.07) is 28.9. The number of rotatable bonds is 7. The predicted molar refractivity (Wildman–Crippen MR) is 142 cm³/mol. The van der Waals surface area contributed by atoms with E-state index in [1.165, 1.54) is 16.3 Å². The van der Waals surface area contributed by atoms with Crippen molar-refractivity contribution >= 4 is 28.1 Å². The molecule has 0 spiro atoms. The minimum atomic E-state index is -0.894. The molecule has 0 fully saturated rings. The van der Waals surface area contributed by atoms with Gasteiger partial charge in [-0.05, 0) is 84.3 Å². The first-order valence-electron chi connectivity index (χ1n) is 12.4. The third kappa shape index (κ3) is 4.74. The van der Waals surface area contributed by atoms with E-state index in [1.54, 1.807) is 6.07 Å². The van der Waals surface area contributed by atoms with E-state index >= 15 is 0 Å². The van der Waals surface area contributed by atoms with E-state index in [1.807, 2.05) is 37.3 Å². The van der Waals surface area contributed by atoms with Crippen LogP contribution < -0.4 is 9.64 Å². The molecule has 0 aliphatic carbocycles. The number of nitrogens with zero attached hydrogens (tertiary/aromatic N) is 1. The van der Waals surface area contributed by atoms with Gasteiger partial charge in [0.15, 0.2) is 0 Å². The Labute approximate surface area is 206 Å². The van der Waals surface area contributed by atoms with E-state index < -0.39 is 5.97 Å². The van der Waals surface area contributed by atoms with E-state index in [0.29, 0.717) is 11.5 Å². The summed E-state index contributed by atoms with van der Waals surface area (Å²) in [5.41, 5.74) is 4.54. The molecule has 1 aliphatic heterocycles. The van der Waals surface area contributed by atoms with Crippen molar-refractivity contribution in [3.8, 4) is 5.75 Å². The monoisotopic (exact) mass is 465 g/mol. The topological polar surface area (TPSA) is 49.8 Å². The fourth-order valence-corrected chi connectivity index (χ4v) is 5.24. The van der Waals surface area contributed by atoms with E-state index in [-0.39, 0.29) is 6.10 Å². The minimum absolute atomic E-state index is 0.0732. The highest BCUT2D eigenvalue weighted by Crippen LogP contribution is 2.39. The number of aryl methyl sites for hydroxylation is 1. The molecule has 4 heteroatoms. The van der Waals surface area contributed by atoms with Crippen LogP contribution in [0, 0.1) is 6.92 Å². The average Bonchev–Trinajstić information content (AvgIpc) is 2.87. The van der Waals surface area contributed by atoms with Crippen LogP contribution in [0.25, 0.3) is 10.8 Å². The molecule has 0 bridgehead atoms. The Hall–Kier alpha value is -3.79. The van der Waals surface area contributed by atoms with Crippen LogP contribution in [-0.4, -0.2) is 23.7 Å². The first-order chi connectivity index (χ1) is 17.0. The molecule has 0 amide bonds. The molecule has 4 nitrogen and oxygen atoms in total. The van der Waals surface area contributed by atoms with E-state index in [2.05, 4.69) is 60.4 Å². The Balaban J connectivity index is 1.30. The third-order valence-corrected chi connectivity index (χ3v) is 7.11. The highest BCUT2D eigenvalue weighted by molar-refractivity contribution is 5.90. The molecular formula is C31H31NO3. The number of anilines is 2. The molecule has 0 radical (unpaired) electrons. The lowest BCUT2D eigenvalue weighted by Crippen LogP contribution is -2.37. The highest BCUT2D eigenvalue weighted by atomic mass is 16.5. The van der Waals surface area contributed by atoms with E-state index in [4.69, 9.17) is 4.74 Å². The number of aromatic carboxylic acids is 1. The summed E-state index contributed by atoms with van der Waals surface area (Å²) in [5, 5.41) is 12.1. The lowest BCUT2D eigenvalue weighted by molar-refractivity contribution is 0.0696. The first kappa shape index (κ1) is 23.0. The largest absolute Gasteiger partial charge is 0.486 e. The average molecular weight is 466 g/mol. The number of fused-ring (bicyclic) bond motifs is 2. The molecule has 1 heterocycles. The number of ether oxygens (including phenoxy) is 1. The zero-order valence-electron chi connectivity index (χ0n) is 20.3. The fraction of sp³-hybridized carbons (Fsp3) is 0.258. The Morgan fingerprint density at radius 1 is 1.03 bits per heavy atom. The molecule has 0 saturated carbocycles. The molecule has 0 aromatic heterocycles. The van der Waals surface area contributed by atoms with Crippen molar-refractivity contribution in [1.29, 1.82) is 0 Å². The second kappa shape index (κ2) is 9.83. The molecule has 1 unspecified atom stereocenters. The van der Waals surface area contributed by atoms with Crippen LogP contribution >= 0.6 is 0 Å². The van der Waals surface area contributed by atoms with Crippen molar-refractivity contribution in [1.82, 2.24) is 0 Å². The van der Waals surface area contributed by atoms with Gasteiger partial charge in [-0.3, -0.25) is 0 Å². The van der Waals surface area contributed by atoms with Gasteiger partial charge in [0.25, 0.3) is 0 Å². The highest BCUT2D eigenvalue weighted by Gasteiger charge is 2.27. The zero-order chi connectivity index (χ0) is 24.4. The smallest absolute Gasteiger partial charge is 0.335 e. The zero-order valence-corrected chi connectivity index (χ0v) is 20.3. The maximum absolute atomic E-state index is 11.5. The standard InChI is InChI=1S/C31H31NO3/c1-21(26-14-8-11-23-10-3-4-13-28(23)26)9-7-12-25-20-32(29-15-5-6-16-30(29)35-25)24-17-18-27(31(33)34)22(2)19-24/h3-6,8,10-11,13-19,21,25H,7,9,12,20H2,1-2H3,(H,33,34)/t21-,25?/m0/s1. The second-order valence-electron chi connectivity index (χ2n) is 9.52. The predicted octanol–water partition coefficient (Wildman–Crippen LogP) is 7.72. The molecule has 2 atom stereocenters.